The third-order valence-electron chi connectivity index (χ3n) is 7.73. The van der Waals surface area contributed by atoms with E-state index in [4.69, 9.17) is 14.2 Å². The summed E-state index contributed by atoms with van der Waals surface area (Å²) in [4.78, 5) is 26.6. The molecule has 6 rings (SSSR count). The molecule has 0 saturated carbocycles. The van der Waals surface area contributed by atoms with Gasteiger partial charge in [0.25, 0.3) is 0 Å². The van der Waals surface area contributed by atoms with Crippen molar-refractivity contribution >= 4 is 17.2 Å². The maximum atomic E-state index is 14.1. The molecular weight excluding hydrogens is 639 g/mol. The molecule has 0 fully saturated rings. The van der Waals surface area contributed by atoms with Crippen molar-refractivity contribution < 1.29 is 21.9 Å². The van der Waals surface area contributed by atoms with Gasteiger partial charge in [0.05, 0.1) is 0 Å². The summed E-state index contributed by atoms with van der Waals surface area (Å²) in [6.45, 7) is -0.188. The molecule has 9 nitrogen and oxygen atoms in total. The number of benzene rings is 4. The van der Waals surface area contributed by atoms with Crippen molar-refractivity contribution in [2.45, 2.75) is 17.9 Å². The van der Waals surface area contributed by atoms with E-state index >= 15 is 0 Å². The molecule has 4 aromatic carbocycles. The van der Waals surface area contributed by atoms with Gasteiger partial charge in [0.15, 0.2) is 0 Å². The van der Waals surface area contributed by atoms with Crippen LogP contribution in [0.2, 0.25) is 0 Å². The number of methoxy groups -OCH3 is 1. The summed E-state index contributed by atoms with van der Waals surface area (Å²) in [6, 6.07) is 36.1. The third kappa shape index (κ3) is 5.84. The van der Waals surface area contributed by atoms with E-state index < -0.39 is 41.9 Å². The summed E-state index contributed by atoms with van der Waals surface area (Å²) in [5, 5.41) is 0. The van der Waals surface area contributed by atoms with Crippen LogP contribution in [-0.2, 0) is 22.7 Å². The second-order valence-corrected chi connectivity index (χ2v) is 14.5. The fraction of sp³-hybridized carbons (Fsp3) is 0.143. The standard InChI is InChI=1S/C35H30N2O7Se/c1-42-28-19-17-27(18-20-28)35(25-11-5-2-6-12-25,26-13-7-3-8-14-26)43-24-30-31(45(40,41)29-15-9-4-10-16-29)23-33(44-30)37-22-21-32(38)36-34(37)39/h2-23,30,33H,24H2,1H3,(H,36,38,39)/t30-,33-/m1/s1. The van der Waals surface area contributed by atoms with Crippen LogP contribution < -0.4 is 20.4 Å². The Labute approximate surface area is 261 Å². The first-order chi connectivity index (χ1) is 21.8. The first-order valence-electron chi connectivity index (χ1n) is 14.2. The molecule has 228 valence electrons. The molecule has 0 spiro atoms. The average molecular weight is 670 g/mol. The number of aromatic amines is 1. The molecule has 1 aromatic heterocycles. The van der Waals surface area contributed by atoms with E-state index in [1.165, 1.54) is 30.5 Å². The number of nitrogens with one attached hydrogen (secondary N) is 1. The van der Waals surface area contributed by atoms with Crippen LogP contribution in [0, 0.1) is 0 Å². The van der Waals surface area contributed by atoms with Gasteiger partial charge in [0.2, 0.25) is 0 Å². The number of nitrogens with zero attached hydrogens (tertiary/aromatic N) is 1. The van der Waals surface area contributed by atoms with Crippen molar-refractivity contribution in [2.24, 2.45) is 0 Å². The quantitative estimate of drug-likeness (QED) is 0.176. The zero-order chi connectivity index (χ0) is 31.4. The Morgan fingerprint density at radius 2 is 1.33 bits per heavy atom. The minimum atomic E-state index is -5.04. The van der Waals surface area contributed by atoms with Crippen molar-refractivity contribution in [2.75, 3.05) is 13.7 Å². The topological polar surface area (TPSA) is 117 Å². The van der Waals surface area contributed by atoms with Gasteiger partial charge in [-0.1, -0.05) is 0 Å². The minimum absolute atomic E-state index is 0.0188. The fourth-order valence-corrected chi connectivity index (χ4v) is 8.80. The third-order valence-corrected chi connectivity index (χ3v) is 11.7. The number of hydrogen-bond acceptors (Lipinski definition) is 7. The van der Waals surface area contributed by atoms with Gasteiger partial charge in [0, 0.05) is 0 Å². The number of ether oxygens (including phenoxy) is 3. The van der Waals surface area contributed by atoms with Crippen molar-refractivity contribution in [1.29, 1.82) is 0 Å². The molecule has 5 aromatic rings. The van der Waals surface area contributed by atoms with E-state index in [-0.39, 0.29) is 15.5 Å². The van der Waals surface area contributed by atoms with Crippen LogP contribution in [0.1, 0.15) is 22.9 Å². The van der Waals surface area contributed by atoms with Gasteiger partial charge >= 0.3 is 262 Å². The molecule has 1 aliphatic rings. The van der Waals surface area contributed by atoms with E-state index in [1.54, 1.807) is 25.3 Å². The molecule has 45 heavy (non-hydrogen) atoms. The van der Waals surface area contributed by atoms with Crippen LogP contribution in [0.4, 0.5) is 0 Å². The predicted molar refractivity (Wildman–Crippen MR) is 168 cm³/mol. The SMILES string of the molecule is COc1ccc(C(OC[C@H]2O[C@@H](n3ccc(=O)[nH]c3=O)C=C2[Se](=O)(=O)c2ccccc2)(c2ccccc2)c2ccccc2)cc1. The Morgan fingerprint density at radius 1 is 0.778 bits per heavy atom. The van der Waals surface area contributed by atoms with Crippen LogP contribution in [0.5, 0.6) is 5.75 Å². The Morgan fingerprint density at radius 3 is 1.89 bits per heavy atom. The second kappa shape index (κ2) is 12.6. The van der Waals surface area contributed by atoms with Crippen LogP contribution in [0.3, 0.4) is 0 Å². The zero-order valence-corrected chi connectivity index (χ0v) is 26.0. The molecular formula is C35H30N2O7Se. The molecule has 0 aliphatic carbocycles. The zero-order valence-electron chi connectivity index (χ0n) is 24.3. The molecule has 10 heteroatoms. The van der Waals surface area contributed by atoms with E-state index in [9.17, 15) is 17.3 Å². The van der Waals surface area contributed by atoms with E-state index in [0.29, 0.717) is 5.75 Å². The van der Waals surface area contributed by atoms with Gasteiger partial charge in [-0.2, -0.15) is 0 Å². The number of H-pyrrole nitrogens is 1. The molecule has 0 unspecified atom stereocenters. The second-order valence-electron chi connectivity index (χ2n) is 10.4. The molecule has 0 bridgehead atoms. The first kappa shape index (κ1) is 30.2. The van der Waals surface area contributed by atoms with Crippen molar-refractivity contribution in [3.05, 3.63) is 176 Å². The van der Waals surface area contributed by atoms with E-state index in [2.05, 4.69) is 4.98 Å². The summed E-state index contributed by atoms with van der Waals surface area (Å²) in [7, 11) is 1.60. The molecule has 2 atom stereocenters. The number of hydrogen-bond donors (Lipinski definition) is 1. The summed E-state index contributed by atoms with van der Waals surface area (Å²) in [5.41, 5.74) is -0.0611. The summed E-state index contributed by atoms with van der Waals surface area (Å²) in [6.07, 6.45) is 0.530. The monoisotopic (exact) mass is 670 g/mol. The maximum absolute atomic E-state index is 14.1. The van der Waals surface area contributed by atoms with Crippen molar-refractivity contribution in [3.8, 4) is 5.75 Å². The molecule has 1 N–H and O–H groups in total. The molecule has 0 amide bonds. The fourth-order valence-electron chi connectivity index (χ4n) is 5.54. The van der Waals surface area contributed by atoms with Crippen molar-refractivity contribution in [1.82, 2.24) is 9.55 Å². The van der Waals surface area contributed by atoms with E-state index in [0.717, 1.165) is 21.3 Å². The van der Waals surface area contributed by atoms with Gasteiger partial charge in [-0.3, -0.25) is 0 Å². The molecule has 1 aliphatic heterocycles. The van der Waals surface area contributed by atoms with E-state index in [1.807, 2.05) is 84.9 Å². The van der Waals surface area contributed by atoms with Crippen LogP contribution >= 0.6 is 0 Å². The van der Waals surface area contributed by atoms with Crippen LogP contribution in [0.25, 0.3) is 0 Å². The predicted octanol–water partition coefficient (Wildman–Crippen LogP) is 4.13. The van der Waals surface area contributed by atoms with Gasteiger partial charge < -0.3 is 0 Å². The summed E-state index contributed by atoms with van der Waals surface area (Å²) >= 11 is -5.04. The first-order valence-corrected chi connectivity index (χ1v) is 17.3. The van der Waals surface area contributed by atoms with Gasteiger partial charge in [-0.15, -0.1) is 0 Å². The number of rotatable bonds is 10. The van der Waals surface area contributed by atoms with Crippen LogP contribution in [-0.4, -0.2) is 42.1 Å². The van der Waals surface area contributed by atoms with Crippen LogP contribution in [0.15, 0.2) is 148 Å². The molecule has 0 radical (unpaired) electrons. The summed E-state index contributed by atoms with van der Waals surface area (Å²) in [5.74, 6) is 0.671. The average Bonchev–Trinajstić information content (AvgIpc) is 3.51. The molecule has 2 heterocycles. The summed E-state index contributed by atoms with van der Waals surface area (Å²) < 4.78 is 48.1. The van der Waals surface area contributed by atoms with Gasteiger partial charge in [-0.25, -0.2) is 0 Å². The normalized spacial score (nSPS) is 16.7. The Hall–Kier alpha value is -4.86. The van der Waals surface area contributed by atoms with Gasteiger partial charge in [-0.05, 0) is 0 Å². The Kier molecular flexibility index (Phi) is 8.47. The Balaban J connectivity index is 1.47. The van der Waals surface area contributed by atoms with Crippen molar-refractivity contribution in [3.63, 3.8) is 0 Å². The van der Waals surface area contributed by atoms with Gasteiger partial charge in [0.1, 0.15) is 0 Å². The Bertz CT molecular complexity index is 1980. The molecule has 0 saturated heterocycles. The number of aromatic nitrogens is 2.